The first-order chi connectivity index (χ1) is 9.83. The molecule has 1 aromatic rings. The summed E-state index contributed by atoms with van der Waals surface area (Å²) >= 11 is 0. The van der Waals surface area contributed by atoms with Crippen LogP contribution in [0.25, 0.3) is 0 Å². The normalized spacial score (nSPS) is 25.3. The molecule has 0 amide bonds. The lowest BCUT2D eigenvalue weighted by atomic mass is 9.77. The van der Waals surface area contributed by atoms with Crippen molar-refractivity contribution in [1.82, 2.24) is 4.90 Å². The zero-order valence-electron chi connectivity index (χ0n) is 12.5. The molecule has 3 heteroatoms. The maximum absolute atomic E-state index is 5.59. The van der Waals surface area contributed by atoms with Crippen molar-refractivity contribution in [3.8, 4) is 5.75 Å². The molecule has 110 valence electrons. The molecule has 2 atom stereocenters. The van der Waals surface area contributed by atoms with Gasteiger partial charge in [-0.15, -0.1) is 0 Å². The van der Waals surface area contributed by atoms with E-state index in [4.69, 9.17) is 10.5 Å². The lowest BCUT2D eigenvalue weighted by Gasteiger charge is -2.28. The quantitative estimate of drug-likeness (QED) is 0.838. The van der Waals surface area contributed by atoms with E-state index in [1.165, 1.54) is 44.5 Å². The topological polar surface area (TPSA) is 38.5 Å². The van der Waals surface area contributed by atoms with Gasteiger partial charge in [-0.25, -0.2) is 0 Å². The summed E-state index contributed by atoms with van der Waals surface area (Å²) in [4.78, 5) is 2.64. The number of rotatable bonds is 5. The van der Waals surface area contributed by atoms with Crippen molar-refractivity contribution in [2.45, 2.75) is 31.6 Å². The predicted molar refractivity (Wildman–Crippen MR) is 82.3 cm³/mol. The van der Waals surface area contributed by atoms with Crippen molar-refractivity contribution >= 4 is 0 Å². The third-order valence-electron chi connectivity index (χ3n) is 5.00. The van der Waals surface area contributed by atoms with Gasteiger partial charge in [0.25, 0.3) is 0 Å². The van der Waals surface area contributed by atoms with Crippen molar-refractivity contribution in [3.63, 3.8) is 0 Å². The second-order valence-corrected chi connectivity index (χ2v) is 6.19. The van der Waals surface area contributed by atoms with E-state index in [-0.39, 0.29) is 0 Å². The van der Waals surface area contributed by atoms with Crippen LogP contribution in [0.5, 0.6) is 5.75 Å². The number of ether oxygens (including phenoxy) is 1. The molecular formula is C17H26N2O. The van der Waals surface area contributed by atoms with Gasteiger partial charge in [0, 0.05) is 19.0 Å². The van der Waals surface area contributed by atoms with Crippen LogP contribution in [0.15, 0.2) is 18.2 Å². The third kappa shape index (κ3) is 2.57. The minimum absolute atomic E-state index is 0.715. The Kier molecular flexibility index (Phi) is 4.27. The highest BCUT2D eigenvalue weighted by Crippen LogP contribution is 2.43. The molecule has 20 heavy (non-hydrogen) atoms. The van der Waals surface area contributed by atoms with Crippen LogP contribution in [0, 0.1) is 5.92 Å². The number of methoxy groups -OCH3 is 1. The summed E-state index contributed by atoms with van der Waals surface area (Å²) in [5.41, 5.74) is 8.59. The van der Waals surface area contributed by atoms with Gasteiger partial charge < -0.3 is 15.4 Å². The summed E-state index contributed by atoms with van der Waals surface area (Å²) in [6.45, 7) is 4.52. The molecule has 1 saturated heterocycles. The maximum atomic E-state index is 5.59. The SMILES string of the molecule is COc1cccc2c1CC[C@H]1CN(CCCCN)C[C@@H]21. The molecule has 1 fully saturated rings. The minimum atomic E-state index is 0.715. The van der Waals surface area contributed by atoms with Crippen LogP contribution < -0.4 is 10.5 Å². The van der Waals surface area contributed by atoms with Gasteiger partial charge in [-0.05, 0) is 61.9 Å². The molecule has 0 unspecified atom stereocenters. The van der Waals surface area contributed by atoms with E-state index >= 15 is 0 Å². The molecule has 0 aromatic heterocycles. The van der Waals surface area contributed by atoms with Gasteiger partial charge in [-0.3, -0.25) is 0 Å². The second kappa shape index (κ2) is 6.15. The standard InChI is InChI=1S/C17H26N2O/c1-20-17-6-4-5-14-15(17)8-7-13-11-19(12-16(13)14)10-3-2-9-18/h4-6,13,16H,2-3,7-12,18H2,1H3/t13-,16+/m0/s1. The number of unbranched alkanes of at least 4 members (excludes halogenated alkanes) is 1. The molecule has 1 aliphatic carbocycles. The highest BCUT2D eigenvalue weighted by molar-refractivity contribution is 5.44. The Morgan fingerprint density at radius 2 is 2.20 bits per heavy atom. The molecule has 2 N–H and O–H groups in total. The predicted octanol–water partition coefficient (Wildman–Crippen LogP) is 2.40. The van der Waals surface area contributed by atoms with Crippen molar-refractivity contribution < 1.29 is 4.74 Å². The van der Waals surface area contributed by atoms with Crippen LogP contribution in [0.1, 0.15) is 36.3 Å². The average molecular weight is 274 g/mol. The number of nitrogens with zero attached hydrogens (tertiary/aromatic N) is 1. The molecule has 0 saturated carbocycles. The van der Waals surface area contributed by atoms with Gasteiger partial charge in [0.05, 0.1) is 7.11 Å². The van der Waals surface area contributed by atoms with E-state index < -0.39 is 0 Å². The van der Waals surface area contributed by atoms with Crippen molar-refractivity contribution in [1.29, 1.82) is 0 Å². The average Bonchev–Trinajstić information content (AvgIpc) is 2.90. The monoisotopic (exact) mass is 274 g/mol. The molecule has 3 rings (SSSR count). The summed E-state index contributed by atoms with van der Waals surface area (Å²) < 4.78 is 5.54. The van der Waals surface area contributed by atoms with Gasteiger partial charge in [0.1, 0.15) is 5.75 Å². The Morgan fingerprint density at radius 1 is 1.30 bits per heavy atom. The number of hydrogen-bond acceptors (Lipinski definition) is 3. The Balaban J connectivity index is 1.73. The largest absolute Gasteiger partial charge is 0.496 e. The summed E-state index contributed by atoms with van der Waals surface area (Å²) in [6.07, 6.45) is 4.87. The summed E-state index contributed by atoms with van der Waals surface area (Å²) in [7, 11) is 1.79. The number of benzene rings is 1. The number of fused-ring (bicyclic) bond motifs is 3. The lowest BCUT2D eigenvalue weighted by molar-refractivity contribution is 0.314. The van der Waals surface area contributed by atoms with E-state index in [0.717, 1.165) is 24.6 Å². The first-order valence-corrected chi connectivity index (χ1v) is 7.91. The fourth-order valence-corrected chi connectivity index (χ4v) is 3.99. The molecule has 0 spiro atoms. The summed E-state index contributed by atoms with van der Waals surface area (Å²) in [5, 5.41) is 0. The van der Waals surface area contributed by atoms with Gasteiger partial charge in [0.2, 0.25) is 0 Å². The van der Waals surface area contributed by atoms with Crippen molar-refractivity contribution in [2.24, 2.45) is 11.7 Å². The Bertz CT molecular complexity index is 460. The zero-order chi connectivity index (χ0) is 13.9. The Labute approximate surface area is 122 Å². The second-order valence-electron chi connectivity index (χ2n) is 6.19. The first-order valence-electron chi connectivity index (χ1n) is 7.91. The lowest BCUT2D eigenvalue weighted by Crippen LogP contribution is -2.22. The van der Waals surface area contributed by atoms with E-state index in [0.29, 0.717) is 5.92 Å². The number of nitrogens with two attached hydrogens (primary N) is 1. The van der Waals surface area contributed by atoms with Crippen LogP contribution in [0.4, 0.5) is 0 Å². The van der Waals surface area contributed by atoms with Gasteiger partial charge in [-0.2, -0.15) is 0 Å². The molecule has 0 bridgehead atoms. The maximum Gasteiger partial charge on any atom is 0.122 e. The van der Waals surface area contributed by atoms with Crippen LogP contribution in [-0.4, -0.2) is 38.2 Å². The Morgan fingerprint density at radius 3 is 3.00 bits per heavy atom. The number of likely N-dealkylation sites (tertiary alicyclic amines) is 1. The highest BCUT2D eigenvalue weighted by Gasteiger charge is 2.37. The first kappa shape index (κ1) is 13.9. The van der Waals surface area contributed by atoms with Crippen LogP contribution >= 0.6 is 0 Å². The smallest absolute Gasteiger partial charge is 0.122 e. The van der Waals surface area contributed by atoms with Gasteiger partial charge in [-0.1, -0.05) is 12.1 Å². The van der Waals surface area contributed by atoms with E-state index in [9.17, 15) is 0 Å². The highest BCUT2D eigenvalue weighted by atomic mass is 16.5. The zero-order valence-corrected chi connectivity index (χ0v) is 12.5. The van der Waals surface area contributed by atoms with E-state index in [1.54, 1.807) is 12.7 Å². The molecule has 1 heterocycles. The fraction of sp³-hybridized carbons (Fsp3) is 0.647. The van der Waals surface area contributed by atoms with Crippen LogP contribution in [0.2, 0.25) is 0 Å². The Hall–Kier alpha value is -1.06. The molecular weight excluding hydrogens is 248 g/mol. The minimum Gasteiger partial charge on any atom is -0.496 e. The molecule has 3 nitrogen and oxygen atoms in total. The molecule has 0 radical (unpaired) electrons. The van der Waals surface area contributed by atoms with Crippen LogP contribution in [0.3, 0.4) is 0 Å². The molecule has 1 aliphatic heterocycles. The van der Waals surface area contributed by atoms with E-state index in [1.807, 2.05) is 0 Å². The third-order valence-corrected chi connectivity index (χ3v) is 5.00. The fourth-order valence-electron chi connectivity index (χ4n) is 3.99. The molecule has 1 aromatic carbocycles. The van der Waals surface area contributed by atoms with Gasteiger partial charge >= 0.3 is 0 Å². The van der Waals surface area contributed by atoms with Gasteiger partial charge in [0.15, 0.2) is 0 Å². The molecule has 2 aliphatic rings. The summed E-state index contributed by atoms with van der Waals surface area (Å²) in [5.74, 6) is 2.64. The summed E-state index contributed by atoms with van der Waals surface area (Å²) in [6, 6.07) is 6.57. The van der Waals surface area contributed by atoms with Crippen molar-refractivity contribution in [2.75, 3.05) is 33.3 Å². The van der Waals surface area contributed by atoms with Crippen molar-refractivity contribution in [3.05, 3.63) is 29.3 Å². The van der Waals surface area contributed by atoms with Crippen LogP contribution in [-0.2, 0) is 6.42 Å². The number of hydrogen-bond donors (Lipinski definition) is 1. The van der Waals surface area contributed by atoms with E-state index in [2.05, 4.69) is 23.1 Å².